The van der Waals surface area contributed by atoms with Gasteiger partial charge >= 0.3 is 0 Å². The van der Waals surface area contributed by atoms with Gasteiger partial charge in [0.05, 0.1) is 9.92 Å². The van der Waals surface area contributed by atoms with Gasteiger partial charge in [-0.15, -0.1) is 0 Å². The fourth-order valence-corrected chi connectivity index (χ4v) is 4.12. The van der Waals surface area contributed by atoms with Gasteiger partial charge in [0.25, 0.3) is 0 Å². The summed E-state index contributed by atoms with van der Waals surface area (Å²) in [6, 6.07) is 3.36. The Bertz CT molecular complexity index is 688. The smallest absolute Gasteiger partial charge is 0.243 e. The molecule has 0 spiro atoms. The van der Waals surface area contributed by atoms with Gasteiger partial charge < -0.3 is 4.90 Å². The number of carbonyl (C=O) groups excluding carboxylic acids is 1. The molecule has 0 aliphatic carbocycles. The summed E-state index contributed by atoms with van der Waals surface area (Å²) in [5.74, 6) is -0.668. The number of halogens is 2. The molecule has 5 nitrogen and oxygen atoms in total. The maximum atomic E-state index is 13.2. The number of amides is 1. The molecule has 1 aliphatic heterocycles. The van der Waals surface area contributed by atoms with Gasteiger partial charge in [-0.3, -0.25) is 4.79 Å². The quantitative estimate of drug-likeness (QED) is 0.826. The summed E-state index contributed by atoms with van der Waals surface area (Å²) in [5.41, 5.74) is 0. The molecule has 1 amide bonds. The van der Waals surface area contributed by atoms with Gasteiger partial charge in [-0.1, -0.05) is 25.4 Å². The molecule has 0 bridgehead atoms. The standard InChI is InChI=1S/C15H20ClFN2O3S/c1-3-11(2)15(20)18-6-8-19(9-7-18)23(21,22)12-4-5-14(17)13(16)10-12/h4-5,10-11H,3,6-9H2,1-2H3. The molecular weight excluding hydrogens is 343 g/mol. The van der Waals surface area contributed by atoms with Crippen LogP contribution in [0.25, 0.3) is 0 Å². The number of nitrogens with zero attached hydrogens (tertiary/aromatic N) is 2. The minimum absolute atomic E-state index is 0.0365. The number of sulfonamides is 1. The van der Waals surface area contributed by atoms with Gasteiger partial charge in [0, 0.05) is 32.1 Å². The fraction of sp³-hybridized carbons (Fsp3) is 0.533. The zero-order valence-electron chi connectivity index (χ0n) is 13.1. The average Bonchev–Trinajstić information content (AvgIpc) is 2.55. The Labute approximate surface area is 141 Å². The SMILES string of the molecule is CCC(C)C(=O)N1CCN(S(=O)(=O)c2ccc(F)c(Cl)c2)CC1. The number of hydrogen-bond donors (Lipinski definition) is 0. The number of rotatable bonds is 4. The lowest BCUT2D eigenvalue weighted by atomic mass is 10.1. The van der Waals surface area contributed by atoms with Crippen molar-refractivity contribution in [3.05, 3.63) is 29.0 Å². The lowest BCUT2D eigenvalue weighted by Crippen LogP contribution is -2.51. The van der Waals surface area contributed by atoms with E-state index < -0.39 is 15.8 Å². The van der Waals surface area contributed by atoms with Crippen LogP contribution in [-0.4, -0.2) is 49.7 Å². The molecule has 1 unspecified atom stereocenters. The molecule has 0 aromatic heterocycles. The summed E-state index contributed by atoms with van der Waals surface area (Å²) in [6.45, 7) is 4.97. The van der Waals surface area contributed by atoms with Crippen LogP contribution in [0.2, 0.25) is 5.02 Å². The minimum Gasteiger partial charge on any atom is -0.340 e. The summed E-state index contributed by atoms with van der Waals surface area (Å²) >= 11 is 5.66. The maximum absolute atomic E-state index is 13.2. The zero-order valence-corrected chi connectivity index (χ0v) is 14.7. The number of piperazine rings is 1. The van der Waals surface area contributed by atoms with E-state index in [1.54, 1.807) is 4.90 Å². The third-order valence-electron chi connectivity index (χ3n) is 4.11. The maximum Gasteiger partial charge on any atom is 0.243 e. The summed E-state index contributed by atoms with van der Waals surface area (Å²) in [6.07, 6.45) is 0.755. The van der Waals surface area contributed by atoms with Gasteiger partial charge in [0.15, 0.2) is 0 Å². The van der Waals surface area contributed by atoms with E-state index in [0.717, 1.165) is 18.6 Å². The largest absolute Gasteiger partial charge is 0.340 e. The Balaban J connectivity index is 2.09. The topological polar surface area (TPSA) is 57.7 Å². The molecule has 0 N–H and O–H groups in total. The van der Waals surface area contributed by atoms with Gasteiger partial charge in [0.1, 0.15) is 5.82 Å². The molecule has 128 valence electrons. The highest BCUT2D eigenvalue weighted by molar-refractivity contribution is 7.89. The molecule has 1 saturated heterocycles. The van der Waals surface area contributed by atoms with E-state index in [0.29, 0.717) is 13.1 Å². The van der Waals surface area contributed by atoms with Crippen LogP contribution in [0.1, 0.15) is 20.3 Å². The van der Waals surface area contributed by atoms with Crippen molar-refractivity contribution in [2.75, 3.05) is 26.2 Å². The Kier molecular flexibility index (Phi) is 5.65. The summed E-state index contributed by atoms with van der Waals surface area (Å²) < 4.78 is 39.6. The second-order valence-corrected chi connectivity index (χ2v) is 7.96. The Hall–Kier alpha value is -1.18. The lowest BCUT2D eigenvalue weighted by molar-refractivity contribution is -0.136. The van der Waals surface area contributed by atoms with Crippen molar-refractivity contribution in [2.45, 2.75) is 25.2 Å². The van der Waals surface area contributed by atoms with E-state index >= 15 is 0 Å². The van der Waals surface area contributed by atoms with Crippen molar-refractivity contribution in [1.29, 1.82) is 0 Å². The van der Waals surface area contributed by atoms with Gasteiger partial charge in [0.2, 0.25) is 15.9 Å². The van der Waals surface area contributed by atoms with E-state index in [4.69, 9.17) is 11.6 Å². The van der Waals surface area contributed by atoms with Crippen LogP contribution in [0.3, 0.4) is 0 Å². The molecule has 1 heterocycles. The summed E-state index contributed by atoms with van der Waals surface area (Å²) in [4.78, 5) is 13.8. The van der Waals surface area contributed by atoms with Crippen LogP contribution >= 0.6 is 11.6 Å². The van der Waals surface area contributed by atoms with E-state index in [9.17, 15) is 17.6 Å². The first-order chi connectivity index (χ1) is 10.8. The van der Waals surface area contributed by atoms with E-state index in [1.165, 1.54) is 10.4 Å². The highest BCUT2D eigenvalue weighted by atomic mass is 35.5. The monoisotopic (exact) mass is 362 g/mol. The van der Waals surface area contributed by atoms with E-state index in [-0.39, 0.29) is 34.8 Å². The normalized spacial score (nSPS) is 18.0. The molecule has 0 saturated carbocycles. The lowest BCUT2D eigenvalue weighted by Gasteiger charge is -2.35. The second kappa shape index (κ2) is 7.15. The minimum atomic E-state index is -3.73. The van der Waals surface area contributed by atoms with Crippen LogP contribution in [-0.2, 0) is 14.8 Å². The highest BCUT2D eigenvalue weighted by Crippen LogP contribution is 2.23. The summed E-state index contributed by atoms with van der Waals surface area (Å²) in [7, 11) is -3.73. The summed E-state index contributed by atoms with van der Waals surface area (Å²) in [5, 5.41) is -0.225. The van der Waals surface area contributed by atoms with Crippen molar-refractivity contribution in [3.8, 4) is 0 Å². The van der Waals surface area contributed by atoms with Crippen LogP contribution in [0, 0.1) is 11.7 Å². The predicted octanol–water partition coefficient (Wildman–Crippen LogP) is 2.36. The third kappa shape index (κ3) is 3.84. The first-order valence-corrected chi connectivity index (χ1v) is 9.33. The van der Waals surface area contributed by atoms with Crippen molar-refractivity contribution >= 4 is 27.5 Å². The molecule has 23 heavy (non-hydrogen) atoms. The van der Waals surface area contributed by atoms with E-state index in [1.807, 2.05) is 13.8 Å². The molecule has 1 aromatic rings. The first kappa shape index (κ1) is 18.2. The molecule has 0 radical (unpaired) electrons. The van der Waals surface area contributed by atoms with Crippen molar-refractivity contribution in [1.82, 2.24) is 9.21 Å². The number of carbonyl (C=O) groups is 1. The molecule has 1 atom stereocenters. The van der Waals surface area contributed by atoms with Gasteiger partial charge in [-0.25, -0.2) is 12.8 Å². The van der Waals surface area contributed by atoms with Crippen LogP contribution < -0.4 is 0 Å². The molecule has 1 aromatic carbocycles. The first-order valence-electron chi connectivity index (χ1n) is 7.51. The third-order valence-corrected chi connectivity index (χ3v) is 6.30. The molecule has 1 fully saturated rings. The molecule has 1 aliphatic rings. The molecule has 8 heteroatoms. The highest BCUT2D eigenvalue weighted by Gasteiger charge is 2.31. The Morgan fingerprint density at radius 3 is 2.43 bits per heavy atom. The number of hydrogen-bond acceptors (Lipinski definition) is 3. The zero-order chi connectivity index (χ0) is 17.2. The average molecular weight is 363 g/mol. The second-order valence-electron chi connectivity index (χ2n) is 5.61. The fourth-order valence-electron chi connectivity index (χ4n) is 2.42. The molecule has 2 rings (SSSR count). The number of benzene rings is 1. The van der Waals surface area contributed by atoms with Crippen molar-refractivity contribution < 1.29 is 17.6 Å². The van der Waals surface area contributed by atoms with Crippen LogP contribution in [0.15, 0.2) is 23.1 Å². The van der Waals surface area contributed by atoms with Crippen LogP contribution in [0.5, 0.6) is 0 Å². The van der Waals surface area contributed by atoms with Crippen LogP contribution in [0.4, 0.5) is 4.39 Å². The van der Waals surface area contributed by atoms with E-state index in [2.05, 4.69) is 0 Å². The Morgan fingerprint density at radius 2 is 1.91 bits per heavy atom. The Morgan fingerprint density at radius 1 is 1.30 bits per heavy atom. The van der Waals surface area contributed by atoms with Crippen molar-refractivity contribution in [3.63, 3.8) is 0 Å². The van der Waals surface area contributed by atoms with Crippen molar-refractivity contribution in [2.24, 2.45) is 5.92 Å². The van der Waals surface area contributed by atoms with Gasteiger partial charge in [-0.05, 0) is 24.6 Å². The van der Waals surface area contributed by atoms with Gasteiger partial charge in [-0.2, -0.15) is 4.31 Å². The predicted molar refractivity (Wildman–Crippen MR) is 86.2 cm³/mol. The molecular formula is C15H20ClFN2O3S.